The van der Waals surface area contributed by atoms with Crippen LogP contribution in [0.1, 0.15) is 27.7 Å². The number of H-pyrrole nitrogens is 1. The summed E-state index contributed by atoms with van der Waals surface area (Å²) in [5.41, 5.74) is 1.40. The van der Waals surface area contributed by atoms with Gasteiger partial charge in [0.25, 0.3) is 0 Å². The Bertz CT molecular complexity index is 914. The molecule has 1 N–H and O–H groups in total. The van der Waals surface area contributed by atoms with E-state index in [4.69, 9.17) is 9.15 Å². The molecule has 1 atom stereocenters. The summed E-state index contributed by atoms with van der Waals surface area (Å²) in [4.78, 5) is 30.7. The van der Waals surface area contributed by atoms with Crippen LogP contribution in [0.15, 0.2) is 57.9 Å². The van der Waals surface area contributed by atoms with Crippen LogP contribution in [0.25, 0.3) is 11.5 Å². The van der Waals surface area contributed by atoms with Crippen LogP contribution in [-0.4, -0.2) is 15.9 Å². The van der Waals surface area contributed by atoms with Gasteiger partial charge in [-0.3, -0.25) is 0 Å². The van der Waals surface area contributed by atoms with Crippen molar-refractivity contribution in [3.8, 4) is 11.5 Å². The summed E-state index contributed by atoms with van der Waals surface area (Å²) in [6.07, 6.45) is 1.41. The Labute approximate surface area is 130 Å². The van der Waals surface area contributed by atoms with Crippen LogP contribution >= 0.6 is 0 Å². The highest BCUT2D eigenvalue weighted by Gasteiger charge is 2.36. The van der Waals surface area contributed by atoms with Crippen LogP contribution < -0.4 is 5.69 Å². The van der Waals surface area contributed by atoms with Gasteiger partial charge in [0.2, 0.25) is 0 Å². The summed E-state index contributed by atoms with van der Waals surface area (Å²) < 4.78 is 10.7. The normalized spacial score (nSPS) is 16.2. The van der Waals surface area contributed by atoms with Gasteiger partial charge in [0.05, 0.1) is 12.0 Å². The molecule has 0 saturated heterocycles. The van der Waals surface area contributed by atoms with Crippen molar-refractivity contribution in [2.24, 2.45) is 0 Å². The third-order valence-electron chi connectivity index (χ3n) is 3.75. The minimum Gasteiger partial charge on any atom is -0.463 e. The molecule has 3 aromatic rings. The molecule has 0 radical (unpaired) electrons. The molecule has 114 valence electrons. The Morgan fingerprint density at radius 2 is 1.91 bits per heavy atom. The quantitative estimate of drug-likeness (QED) is 0.751. The summed E-state index contributed by atoms with van der Waals surface area (Å²) in [7, 11) is 0. The molecule has 2 aromatic heterocycles. The van der Waals surface area contributed by atoms with Gasteiger partial charge in [-0.25, -0.2) is 9.59 Å². The van der Waals surface area contributed by atoms with E-state index in [-0.39, 0.29) is 11.3 Å². The lowest BCUT2D eigenvalue weighted by Crippen LogP contribution is -2.17. The summed E-state index contributed by atoms with van der Waals surface area (Å²) >= 11 is 0. The second kappa shape index (κ2) is 5.24. The first kappa shape index (κ1) is 13.5. The van der Waals surface area contributed by atoms with Gasteiger partial charge in [-0.1, -0.05) is 30.3 Å². The number of carbonyl (C=O) groups excluding carboxylic acids is 1. The number of hydrogen-bond donors (Lipinski definition) is 1. The monoisotopic (exact) mass is 308 g/mol. The zero-order valence-electron chi connectivity index (χ0n) is 12.0. The second-order valence-electron chi connectivity index (χ2n) is 5.24. The number of aromatic amines is 1. The molecule has 1 aliphatic heterocycles. The average molecular weight is 308 g/mol. The van der Waals surface area contributed by atoms with Gasteiger partial charge < -0.3 is 14.1 Å². The van der Waals surface area contributed by atoms with E-state index >= 15 is 0 Å². The fourth-order valence-corrected chi connectivity index (χ4v) is 2.75. The van der Waals surface area contributed by atoms with Crippen molar-refractivity contribution in [1.82, 2.24) is 9.97 Å². The van der Waals surface area contributed by atoms with E-state index in [1.54, 1.807) is 12.1 Å². The molecule has 6 nitrogen and oxygen atoms in total. The highest BCUT2D eigenvalue weighted by molar-refractivity contribution is 5.99. The first-order valence-corrected chi connectivity index (χ1v) is 7.15. The van der Waals surface area contributed by atoms with E-state index in [0.717, 1.165) is 5.56 Å². The Morgan fingerprint density at radius 1 is 1.09 bits per heavy atom. The maximum Gasteiger partial charge on any atom is 0.345 e. The minimum absolute atomic E-state index is 0.217. The largest absolute Gasteiger partial charge is 0.463 e. The SMILES string of the molecule is O=C1OC(Cc2ccccc2)c2[nH]c(=O)nc(-c3ccco3)c21. The summed E-state index contributed by atoms with van der Waals surface area (Å²) in [6.45, 7) is 0. The molecule has 23 heavy (non-hydrogen) atoms. The third kappa shape index (κ3) is 2.34. The Balaban J connectivity index is 1.81. The standard InChI is InChI=1S/C17H12N2O4/c20-16-13-14(11-7-4-8-22-11)18-17(21)19-15(13)12(23-16)9-10-5-2-1-3-6-10/h1-8,12H,9H2,(H,18,19,21). The number of fused-ring (bicyclic) bond motifs is 1. The van der Waals surface area contributed by atoms with Crippen molar-refractivity contribution < 1.29 is 13.9 Å². The van der Waals surface area contributed by atoms with E-state index in [1.807, 2.05) is 30.3 Å². The van der Waals surface area contributed by atoms with Crippen LogP contribution in [0.5, 0.6) is 0 Å². The smallest absolute Gasteiger partial charge is 0.345 e. The van der Waals surface area contributed by atoms with Crippen molar-refractivity contribution in [2.75, 3.05) is 0 Å². The van der Waals surface area contributed by atoms with Gasteiger partial charge in [0.15, 0.2) is 5.76 Å². The number of aromatic nitrogens is 2. The Kier molecular flexibility index (Phi) is 3.08. The predicted octanol–water partition coefficient (Wildman–Crippen LogP) is 2.48. The lowest BCUT2D eigenvalue weighted by molar-refractivity contribution is 0.0382. The van der Waals surface area contributed by atoms with Gasteiger partial charge in [-0.05, 0) is 17.7 Å². The number of hydrogen-bond acceptors (Lipinski definition) is 5. The second-order valence-corrected chi connectivity index (χ2v) is 5.24. The molecule has 0 saturated carbocycles. The molecule has 6 heteroatoms. The number of furan rings is 1. The van der Waals surface area contributed by atoms with Gasteiger partial charge in [0.1, 0.15) is 17.4 Å². The molecule has 1 aliphatic rings. The van der Waals surface area contributed by atoms with Crippen LogP contribution in [0, 0.1) is 0 Å². The fourth-order valence-electron chi connectivity index (χ4n) is 2.75. The highest BCUT2D eigenvalue weighted by atomic mass is 16.5. The molecular formula is C17H12N2O4. The van der Waals surface area contributed by atoms with Gasteiger partial charge in [-0.2, -0.15) is 4.98 Å². The van der Waals surface area contributed by atoms with Crippen molar-refractivity contribution in [2.45, 2.75) is 12.5 Å². The topological polar surface area (TPSA) is 85.2 Å². The molecule has 3 heterocycles. The van der Waals surface area contributed by atoms with Crippen molar-refractivity contribution in [1.29, 1.82) is 0 Å². The number of carbonyl (C=O) groups is 1. The lowest BCUT2D eigenvalue weighted by atomic mass is 10.0. The van der Waals surface area contributed by atoms with Crippen LogP contribution in [-0.2, 0) is 11.2 Å². The Morgan fingerprint density at radius 3 is 2.65 bits per heavy atom. The molecule has 0 bridgehead atoms. The number of rotatable bonds is 3. The van der Waals surface area contributed by atoms with E-state index in [2.05, 4.69) is 9.97 Å². The van der Waals surface area contributed by atoms with Gasteiger partial charge in [0, 0.05) is 6.42 Å². The van der Waals surface area contributed by atoms with E-state index < -0.39 is 17.8 Å². The summed E-state index contributed by atoms with van der Waals surface area (Å²) in [5.74, 6) is -0.138. The van der Waals surface area contributed by atoms with Crippen molar-refractivity contribution in [3.05, 3.63) is 76.0 Å². The van der Waals surface area contributed by atoms with Crippen molar-refractivity contribution >= 4 is 5.97 Å². The molecule has 0 spiro atoms. The molecular weight excluding hydrogens is 296 g/mol. The van der Waals surface area contributed by atoms with Gasteiger partial charge in [-0.15, -0.1) is 0 Å². The summed E-state index contributed by atoms with van der Waals surface area (Å²) in [6, 6.07) is 13.0. The molecule has 1 unspecified atom stereocenters. The van der Waals surface area contributed by atoms with Gasteiger partial charge >= 0.3 is 11.7 Å². The maximum atomic E-state index is 12.3. The molecule has 0 aliphatic carbocycles. The van der Waals surface area contributed by atoms with Crippen molar-refractivity contribution in [3.63, 3.8) is 0 Å². The van der Waals surface area contributed by atoms with E-state index in [0.29, 0.717) is 17.9 Å². The molecule has 0 amide bonds. The summed E-state index contributed by atoms with van der Waals surface area (Å²) in [5, 5.41) is 0. The predicted molar refractivity (Wildman–Crippen MR) is 80.9 cm³/mol. The Hall–Kier alpha value is -3.15. The minimum atomic E-state index is -0.538. The number of benzene rings is 1. The number of ether oxygens (including phenoxy) is 1. The average Bonchev–Trinajstić information content (AvgIpc) is 3.17. The number of nitrogens with one attached hydrogen (secondary N) is 1. The van der Waals surface area contributed by atoms with Crippen LogP contribution in [0.2, 0.25) is 0 Å². The molecule has 1 aromatic carbocycles. The zero-order chi connectivity index (χ0) is 15.8. The lowest BCUT2D eigenvalue weighted by Gasteiger charge is -2.10. The maximum absolute atomic E-state index is 12.3. The third-order valence-corrected chi connectivity index (χ3v) is 3.75. The molecule has 0 fully saturated rings. The number of nitrogens with zero attached hydrogens (tertiary/aromatic N) is 1. The first-order chi connectivity index (χ1) is 11.2. The number of esters is 1. The van der Waals surface area contributed by atoms with Crippen LogP contribution in [0.4, 0.5) is 0 Å². The highest BCUT2D eigenvalue weighted by Crippen LogP contribution is 2.35. The number of cyclic esters (lactones) is 1. The fraction of sp³-hybridized carbons (Fsp3) is 0.118. The first-order valence-electron chi connectivity index (χ1n) is 7.15. The van der Waals surface area contributed by atoms with Crippen LogP contribution in [0.3, 0.4) is 0 Å². The zero-order valence-corrected chi connectivity index (χ0v) is 12.0. The molecule has 4 rings (SSSR count). The van der Waals surface area contributed by atoms with E-state index in [1.165, 1.54) is 6.26 Å². The van der Waals surface area contributed by atoms with E-state index in [9.17, 15) is 9.59 Å².